The number of ether oxygens (including phenoxy) is 4. The van der Waals surface area contributed by atoms with Crippen LogP contribution in [0.2, 0.25) is 0 Å². The molecule has 2 aromatic carbocycles. The molecule has 0 aliphatic carbocycles. The summed E-state index contributed by atoms with van der Waals surface area (Å²) >= 11 is 0. The molecule has 0 amide bonds. The molecular formula is C29H40F2N2O5. The molecule has 3 heterocycles. The molecule has 1 unspecified atom stereocenters. The van der Waals surface area contributed by atoms with Crippen LogP contribution >= 0.6 is 0 Å². The lowest BCUT2D eigenvalue weighted by Gasteiger charge is -2.37. The van der Waals surface area contributed by atoms with Crippen molar-refractivity contribution in [1.82, 2.24) is 9.80 Å². The van der Waals surface area contributed by atoms with Gasteiger partial charge in [0.05, 0.1) is 20.0 Å². The lowest BCUT2D eigenvalue weighted by atomic mass is 10.0. The molecule has 1 atom stereocenters. The standard InChI is InChI=1S/C17H24FNO3.C12H16FNO2/c18-11-14-12-19(13-14)8-10-20-15-4-6-16(7-5-15)22-17-3-1-2-9-21-17;13-7-10-8-14(9-10)5-6-16-12-3-1-11(15)2-4-12/h4-7,14,17H,1-3,8-13H2;1-4,10,15H,5-9H2. The Balaban J connectivity index is 0.000000186. The van der Waals surface area contributed by atoms with E-state index in [-0.39, 0.29) is 37.2 Å². The Kier molecular flexibility index (Phi) is 11.3. The number of rotatable bonds is 12. The van der Waals surface area contributed by atoms with Gasteiger partial charge in [-0.3, -0.25) is 18.6 Å². The zero-order valence-electron chi connectivity index (χ0n) is 22.0. The van der Waals surface area contributed by atoms with Gasteiger partial charge in [0.2, 0.25) is 0 Å². The molecule has 0 spiro atoms. The second kappa shape index (κ2) is 15.1. The predicted molar refractivity (Wildman–Crippen MR) is 142 cm³/mol. The smallest absolute Gasteiger partial charge is 0.199 e. The van der Waals surface area contributed by atoms with Crippen LogP contribution in [0.4, 0.5) is 8.78 Å². The van der Waals surface area contributed by atoms with Gasteiger partial charge in [0.15, 0.2) is 6.29 Å². The Morgan fingerprint density at radius 2 is 1.24 bits per heavy atom. The van der Waals surface area contributed by atoms with Crippen LogP contribution in [-0.4, -0.2) is 93.6 Å². The van der Waals surface area contributed by atoms with Crippen molar-refractivity contribution in [2.45, 2.75) is 25.6 Å². The lowest BCUT2D eigenvalue weighted by Crippen LogP contribution is -2.49. The van der Waals surface area contributed by atoms with Gasteiger partial charge >= 0.3 is 0 Å². The summed E-state index contributed by atoms with van der Waals surface area (Å²) in [6.07, 6.45) is 3.12. The maximum atomic E-state index is 12.3. The van der Waals surface area contributed by atoms with Crippen molar-refractivity contribution in [3.8, 4) is 23.0 Å². The number of phenolic OH excluding ortho intramolecular Hbond substituents is 1. The number of aromatic hydroxyl groups is 1. The zero-order chi connectivity index (χ0) is 26.6. The summed E-state index contributed by atoms with van der Waals surface area (Å²) in [7, 11) is 0. The van der Waals surface area contributed by atoms with Gasteiger partial charge in [0, 0.05) is 57.5 Å². The maximum absolute atomic E-state index is 12.3. The van der Waals surface area contributed by atoms with E-state index in [2.05, 4.69) is 9.80 Å². The molecule has 5 rings (SSSR count). The quantitative estimate of drug-likeness (QED) is 0.429. The Morgan fingerprint density at radius 3 is 1.71 bits per heavy atom. The molecule has 3 fully saturated rings. The number of halogens is 2. The fourth-order valence-corrected chi connectivity index (χ4v) is 4.61. The van der Waals surface area contributed by atoms with Crippen LogP contribution in [0.1, 0.15) is 19.3 Å². The van der Waals surface area contributed by atoms with Crippen molar-refractivity contribution < 1.29 is 32.8 Å². The summed E-state index contributed by atoms with van der Waals surface area (Å²) in [5.74, 6) is 3.10. The van der Waals surface area contributed by atoms with Gasteiger partial charge in [0.25, 0.3) is 0 Å². The first-order chi connectivity index (χ1) is 18.6. The third-order valence-electron chi connectivity index (χ3n) is 6.92. The van der Waals surface area contributed by atoms with E-state index in [9.17, 15) is 8.78 Å². The molecule has 38 heavy (non-hydrogen) atoms. The highest BCUT2D eigenvalue weighted by molar-refractivity contribution is 5.31. The first-order valence-corrected chi connectivity index (χ1v) is 13.6. The molecule has 210 valence electrons. The zero-order valence-corrected chi connectivity index (χ0v) is 22.0. The van der Waals surface area contributed by atoms with E-state index in [1.165, 1.54) is 0 Å². The van der Waals surface area contributed by atoms with Crippen LogP contribution in [-0.2, 0) is 4.74 Å². The van der Waals surface area contributed by atoms with Crippen LogP contribution < -0.4 is 14.2 Å². The van der Waals surface area contributed by atoms with E-state index >= 15 is 0 Å². The number of nitrogens with zero attached hydrogens (tertiary/aromatic N) is 2. The summed E-state index contributed by atoms with van der Waals surface area (Å²) in [6, 6.07) is 14.3. The largest absolute Gasteiger partial charge is 0.508 e. The van der Waals surface area contributed by atoms with Gasteiger partial charge in [-0.25, -0.2) is 0 Å². The minimum atomic E-state index is -0.213. The molecule has 3 aliphatic heterocycles. The van der Waals surface area contributed by atoms with Gasteiger partial charge in [-0.15, -0.1) is 0 Å². The van der Waals surface area contributed by atoms with Gasteiger partial charge in [-0.2, -0.15) is 0 Å². The third-order valence-corrected chi connectivity index (χ3v) is 6.92. The third kappa shape index (κ3) is 9.29. The second-order valence-corrected chi connectivity index (χ2v) is 10.1. The van der Waals surface area contributed by atoms with Gasteiger partial charge in [0.1, 0.15) is 36.2 Å². The first-order valence-electron chi connectivity index (χ1n) is 13.6. The second-order valence-electron chi connectivity index (χ2n) is 10.1. The molecule has 3 saturated heterocycles. The molecule has 0 aromatic heterocycles. The number of benzene rings is 2. The van der Waals surface area contributed by atoms with Crippen LogP contribution in [0.5, 0.6) is 23.0 Å². The molecule has 0 radical (unpaired) electrons. The highest BCUT2D eigenvalue weighted by Gasteiger charge is 2.26. The van der Waals surface area contributed by atoms with E-state index < -0.39 is 0 Å². The number of phenols is 1. The molecule has 0 bridgehead atoms. The van der Waals surface area contributed by atoms with Crippen molar-refractivity contribution in [3.05, 3.63) is 48.5 Å². The molecule has 0 saturated carbocycles. The van der Waals surface area contributed by atoms with Crippen molar-refractivity contribution >= 4 is 0 Å². The number of hydrogen-bond donors (Lipinski definition) is 1. The number of hydrogen-bond acceptors (Lipinski definition) is 7. The Bertz CT molecular complexity index is 916. The molecule has 3 aliphatic rings. The summed E-state index contributed by atoms with van der Waals surface area (Å²) in [6.45, 7) is 6.67. The Morgan fingerprint density at radius 1 is 0.737 bits per heavy atom. The minimum Gasteiger partial charge on any atom is -0.508 e. The van der Waals surface area contributed by atoms with Crippen LogP contribution in [0, 0.1) is 11.8 Å². The van der Waals surface area contributed by atoms with Gasteiger partial charge < -0.3 is 24.1 Å². The maximum Gasteiger partial charge on any atom is 0.199 e. The Hall–Kier alpha value is -2.62. The van der Waals surface area contributed by atoms with Crippen LogP contribution in [0.15, 0.2) is 48.5 Å². The number of alkyl halides is 2. The Labute approximate surface area is 224 Å². The molecule has 7 nitrogen and oxygen atoms in total. The summed E-state index contributed by atoms with van der Waals surface area (Å²) < 4.78 is 47.0. The van der Waals surface area contributed by atoms with Crippen LogP contribution in [0.3, 0.4) is 0 Å². The topological polar surface area (TPSA) is 63.6 Å². The molecule has 9 heteroatoms. The number of likely N-dealkylation sites (tertiary alicyclic amines) is 2. The van der Waals surface area contributed by atoms with E-state index in [4.69, 9.17) is 24.1 Å². The summed E-state index contributed by atoms with van der Waals surface area (Å²) in [4.78, 5) is 4.38. The van der Waals surface area contributed by atoms with Crippen molar-refractivity contribution in [1.29, 1.82) is 0 Å². The van der Waals surface area contributed by atoms with Crippen molar-refractivity contribution in [3.63, 3.8) is 0 Å². The molecular weight excluding hydrogens is 494 g/mol. The minimum absolute atomic E-state index is 0.115. The predicted octanol–water partition coefficient (Wildman–Crippen LogP) is 4.54. The van der Waals surface area contributed by atoms with Crippen LogP contribution in [0.25, 0.3) is 0 Å². The molecule has 1 N–H and O–H groups in total. The molecule has 2 aromatic rings. The van der Waals surface area contributed by atoms with Gasteiger partial charge in [-0.05, 0) is 61.4 Å². The highest BCUT2D eigenvalue weighted by atomic mass is 19.1. The summed E-state index contributed by atoms with van der Waals surface area (Å²) in [5.41, 5.74) is 0. The fraction of sp³-hybridized carbons (Fsp3) is 0.586. The fourth-order valence-electron chi connectivity index (χ4n) is 4.61. The van der Waals surface area contributed by atoms with E-state index in [0.29, 0.717) is 13.2 Å². The average Bonchev–Trinajstić information content (AvgIpc) is 2.90. The van der Waals surface area contributed by atoms with E-state index in [1.54, 1.807) is 24.3 Å². The normalized spacial score (nSPS) is 20.5. The van der Waals surface area contributed by atoms with Gasteiger partial charge in [-0.1, -0.05) is 0 Å². The summed E-state index contributed by atoms with van der Waals surface area (Å²) in [5, 5.41) is 9.07. The lowest BCUT2D eigenvalue weighted by molar-refractivity contribution is -0.105. The first kappa shape index (κ1) is 28.4. The van der Waals surface area contributed by atoms with E-state index in [1.807, 2.05) is 24.3 Å². The SMILES string of the molecule is FCC1CN(CCOc2ccc(OC3CCCCO3)cc2)C1.Oc1ccc(OCCN2CC(CF)C2)cc1. The van der Waals surface area contributed by atoms with Crippen molar-refractivity contribution in [2.75, 3.05) is 72.4 Å². The highest BCUT2D eigenvalue weighted by Crippen LogP contribution is 2.23. The van der Waals surface area contributed by atoms with Crippen molar-refractivity contribution in [2.24, 2.45) is 11.8 Å². The van der Waals surface area contributed by atoms with E-state index in [0.717, 1.165) is 82.4 Å². The monoisotopic (exact) mass is 534 g/mol. The average molecular weight is 535 g/mol.